The SMILES string of the molecule is CCNC1CSCC1CCc1nccn1C. The molecule has 1 aliphatic rings. The minimum Gasteiger partial charge on any atom is -0.338 e. The lowest BCUT2D eigenvalue weighted by molar-refractivity contribution is 0.408. The van der Waals surface area contributed by atoms with Crippen LogP contribution in [-0.2, 0) is 13.5 Å². The lowest BCUT2D eigenvalue weighted by Gasteiger charge is -2.19. The number of hydrogen-bond acceptors (Lipinski definition) is 3. The van der Waals surface area contributed by atoms with Gasteiger partial charge in [-0.1, -0.05) is 6.92 Å². The summed E-state index contributed by atoms with van der Waals surface area (Å²) in [4.78, 5) is 4.38. The largest absolute Gasteiger partial charge is 0.338 e. The summed E-state index contributed by atoms with van der Waals surface area (Å²) < 4.78 is 2.13. The van der Waals surface area contributed by atoms with Crippen LogP contribution in [0.3, 0.4) is 0 Å². The van der Waals surface area contributed by atoms with Crippen molar-refractivity contribution in [2.24, 2.45) is 13.0 Å². The van der Waals surface area contributed by atoms with Crippen LogP contribution in [0.5, 0.6) is 0 Å². The molecule has 0 aromatic carbocycles. The van der Waals surface area contributed by atoms with E-state index in [1.165, 1.54) is 23.8 Å². The molecule has 0 spiro atoms. The number of rotatable bonds is 5. The summed E-state index contributed by atoms with van der Waals surface area (Å²) in [5.74, 6) is 4.62. The van der Waals surface area contributed by atoms with Gasteiger partial charge in [0.1, 0.15) is 5.82 Å². The average Bonchev–Trinajstić information content (AvgIpc) is 2.86. The average molecular weight is 239 g/mol. The fourth-order valence-corrected chi connectivity index (χ4v) is 3.80. The minimum atomic E-state index is 0.718. The van der Waals surface area contributed by atoms with Crippen LogP contribution < -0.4 is 5.32 Å². The molecule has 2 rings (SSSR count). The number of aromatic nitrogens is 2. The van der Waals surface area contributed by atoms with Crippen molar-refractivity contribution in [3.8, 4) is 0 Å². The van der Waals surface area contributed by atoms with Crippen LogP contribution >= 0.6 is 11.8 Å². The molecule has 0 aliphatic carbocycles. The predicted octanol–water partition coefficient (Wildman–Crippen LogP) is 1.69. The van der Waals surface area contributed by atoms with Gasteiger partial charge in [0.2, 0.25) is 0 Å². The van der Waals surface area contributed by atoms with E-state index in [-0.39, 0.29) is 0 Å². The molecule has 2 unspecified atom stereocenters. The number of nitrogens with zero attached hydrogens (tertiary/aromatic N) is 2. The highest BCUT2D eigenvalue weighted by Crippen LogP contribution is 2.27. The zero-order valence-corrected chi connectivity index (χ0v) is 11.0. The van der Waals surface area contributed by atoms with Crippen LogP contribution in [0.25, 0.3) is 0 Å². The monoisotopic (exact) mass is 239 g/mol. The van der Waals surface area contributed by atoms with Crippen LogP contribution in [0, 0.1) is 5.92 Å². The molecule has 0 saturated carbocycles. The third kappa shape index (κ3) is 2.80. The first-order valence-electron chi connectivity index (χ1n) is 6.08. The Morgan fingerprint density at radius 2 is 2.44 bits per heavy atom. The fraction of sp³-hybridized carbons (Fsp3) is 0.750. The van der Waals surface area contributed by atoms with Crippen LogP contribution in [0.15, 0.2) is 12.4 Å². The highest BCUT2D eigenvalue weighted by atomic mass is 32.2. The number of thioether (sulfide) groups is 1. The van der Waals surface area contributed by atoms with Gasteiger partial charge in [0.05, 0.1) is 0 Å². The molecule has 3 nitrogen and oxygen atoms in total. The second-order valence-corrected chi connectivity index (χ2v) is 5.53. The van der Waals surface area contributed by atoms with Gasteiger partial charge in [-0.25, -0.2) is 4.98 Å². The van der Waals surface area contributed by atoms with E-state index in [9.17, 15) is 0 Å². The summed E-state index contributed by atoms with van der Waals surface area (Å²) in [7, 11) is 2.08. The molecule has 1 saturated heterocycles. The van der Waals surface area contributed by atoms with E-state index in [1.54, 1.807) is 0 Å². The smallest absolute Gasteiger partial charge is 0.108 e. The van der Waals surface area contributed by atoms with Crippen molar-refractivity contribution in [1.82, 2.24) is 14.9 Å². The molecule has 2 atom stereocenters. The molecule has 4 heteroatoms. The van der Waals surface area contributed by atoms with Gasteiger partial charge in [-0.2, -0.15) is 11.8 Å². The van der Waals surface area contributed by atoms with Gasteiger partial charge in [-0.05, 0) is 24.6 Å². The first-order chi connectivity index (χ1) is 7.81. The minimum absolute atomic E-state index is 0.718. The van der Waals surface area contributed by atoms with Gasteiger partial charge in [0.25, 0.3) is 0 Å². The molecule has 90 valence electrons. The van der Waals surface area contributed by atoms with Crippen LogP contribution in [0.1, 0.15) is 19.2 Å². The van der Waals surface area contributed by atoms with E-state index in [0.717, 1.165) is 24.9 Å². The van der Waals surface area contributed by atoms with Crippen LogP contribution in [0.2, 0.25) is 0 Å². The summed E-state index contributed by atoms with van der Waals surface area (Å²) in [6.45, 7) is 3.28. The zero-order valence-electron chi connectivity index (χ0n) is 10.1. The molecule has 0 amide bonds. The number of hydrogen-bond donors (Lipinski definition) is 1. The maximum atomic E-state index is 4.38. The second kappa shape index (κ2) is 5.73. The Balaban J connectivity index is 1.83. The molecule has 2 heterocycles. The number of nitrogens with one attached hydrogen (secondary N) is 1. The molecule has 1 aliphatic heterocycles. The Kier molecular flexibility index (Phi) is 4.29. The Hall–Kier alpha value is -0.480. The van der Waals surface area contributed by atoms with Gasteiger partial charge >= 0.3 is 0 Å². The summed E-state index contributed by atoms with van der Waals surface area (Å²) in [6, 6.07) is 0.718. The fourth-order valence-electron chi connectivity index (χ4n) is 2.32. The highest BCUT2D eigenvalue weighted by Gasteiger charge is 2.26. The third-order valence-electron chi connectivity index (χ3n) is 3.32. The number of imidazole rings is 1. The number of aryl methyl sites for hydroxylation is 2. The van der Waals surface area contributed by atoms with E-state index in [4.69, 9.17) is 0 Å². The summed E-state index contributed by atoms with van der Waals surface area (Å²) in [5.41, 5.74) is 0. The van der Waals surface area contributed by atoms with Crippen molar-refractivity contribution in [1.29, 1.82) is 0 Å². The lowest BCUT2D eigenvalue weighted by Crippen LogP contribution is -2.35. The van der Waals surface area contributed by atoms with Crippen molar-refractivity contribution < 1.29 is 0 Å². The van der Waals surface area contributed by atoms with E-state index < -0.39 is 0 Å². The normalized spacial score (nSPS) is 25.1. The lowest BCUT2D eigenvalue weighted by atomic mass is 9.98. The first-order valence-corrected chi connectivity index (χ1v) is 7.24. The molecule has 1 aromatic rings. The van der Waals surface area contributed by atoms with E-state index in [2.05, 4.69) is 40.6 Å². The molecular weight excluding hydrogens is 218 g/mol. The van der Waals surface area contributed by atoms with Crippen LogP contribution in [0.4, 0.5) is 0 Å². The summed E-state index contributed by atoms with van der Waals surface area (Å²) in [6.07, 6.45) is 6.28. The molecular formula is C12H21N3S. The van der Waals surface area contributed by atoms with Crippen molar-refractivity contribution in [3.05, 3.63) is 18.2 Å². The molecule has 16 heavy (non-hydrogen) atoms. The van der Waals surface area contributed by atoms with E-state index in [0.29, 0.717) is 0 Å². The van der Waals surface area contributed by atoms with Crippen molar-refractivity contribution in [2.75, 3.05) is 18.1 Å². The van der Waals surface area contributed by atoms with Crippen LogP contribution in [-0.4, -0.2) is 33.6 Å². The van der Waals surface area contributed by atoms with Crippen molar-refractivity contribution in [2.45, 2.75) is 25.8 Å². The standard InChI is InChI=1S/C12H21N3S/c1-3-13-11-9-16-8-10(11)4-5-12-14-6-7-15(12)2/h6-7,10-11,13H,3-5,8-9H2,1-2H3. The highest BCUT2D eigenvalue weighted by molar-refractivity contribution is 7.99. The Labute approximate surface area is 102 Å². The summed E-state index contributed by atoms with van der Waals surface area (Å²) >= 11 is 2.08. The molecule has 1 fully saturated rings. The maximum absolute atomic E-state index is 4.38. The van der Waals surface area contributed by atoms with Gasteiger partial charge in [0.15, 0.2) is 0 Å². The molecule has 0 bridgehead atoms. The molecule has 0 radical (unpaired) electrons. The molecule has 1 N–H and O–H groups in total. The Morgan fingerprint density at radius 3 is 3.12 bits per heavy atom. The van der Waals surface area contributed by atoms with Gasteiger partial charge in [-0.3, -0.25) is 0 Å². The van der Waals surface area contributed by atoms with Crippen molar-refractivity contribution >= 4 is 11.8 Å². The van der Waals surface area contributed by atoms with Gasteiger partial charge < -0.3 is 9.88 Å². The van der Waals surface area contributed by atoms with Gasteiger partial charge in [0, 0.05) is 37.7 Å². The predicted molar refractivity (Wildman–Crippen MR) is 69.8 cm³/mol. The Morgan fingerprint density at radius 1 is 1.56 bits per heavy atom. The second-order valence-electron chi connectivity index (χ2n) is 4.45. The van der Waals surface area contributed by atoms with E-state index in [1.807, 2.05) is 12.4 Å². The first kappa shape index (κ1) is 12.0. The zero-order chi connectivity index (χ0) is 11.4. The maximum Gasteiger partial charge on any atom is 0.108 e. The quantitative estimate of drug-likeness (QED) is 0.848. The van der Waals surface area contributed by atoms with Crippen molar-refractivity contribution in [3.63, 3.8) is 0 Å². The van der Waals surface area contributed by atoms with E-state index >= 15 is 0 Å². The topological polar surface area (TPSA) is 29.9 Å². The molecule has 1 aromatic heterocycles. The Bertz CT molecular complexity index is 324. The third-order valence-corrected chi connectivity index (χ3v) is 4.58. The van der Waals surface area contributed by atoms with Gasteiger partial charge in [-0.15, -0.1) is 0 Å². The summed E-state index contributed by atoms with van der Waals surface area (Å²) in [5, 5.41) is 3.59.